The highest BCUT2D eigenvalue weighted by molar-refractivity contribution is 5.60. The van der Waals surface area contributed by atoms with Gasteiger partial charge in [-0.2, -0.15) is 0 Å². The number of aliphatic hydroxyl groups is 1. The van der Waals surface area contributed by atoms with E-state index in [-0.39, 0.29) is 25.3 Å². The number of carbonyl (C=O) groups excluding carboxylic acids is 1. The first-order chi connectivity index (χ1) is 15.2. The predicted molar refractivity (Wildman–Crippen MR) is 109 cm³/mol. The minimum atomic E-state index is -1.02. The molecular formula is C20H23N3O9. The second-order valence-corrected chi connectivity index (χ2v) is 7.50. The summed E-state index contributed by atoms with van der Waals surface area (Å²) in [7, 11) is 0. The van der Waals surface area contributed by atoms with Crippen LogP contribution in [0.1, 0.15) is 36.6 Å². The molecule has 0 spiro atoms. The third-order valence-corrected chi connectivity index (χ3v) is 5.14. The largest absolute Gasteiger partial charge is 0.508 e. The first kappa shape index (κ1) is 23.2. The number of aromatic amines is 1. The number of hydrogen-bond donors (Lipinski definition) is 2. The Labute approximate surface area is 181 Å². The second-order valence-electron chi connectivity index (χ2n) is 7.50. The Kier molecular flexibility index (Phi) is 7.05. The Morgan fingerprint density at radius 3 is 2.81 bits per heavy atom. The van der Waals surface area contributed by atoms with Gasteiger partial charge in [0.15, 0.2) is 0 Å². The number of aliphatic hydroxyl groups excluding tert-OH is 1. The molecule has 12 heteroatoms. The molecule has 4 atom stereocenters. The Morgan fingerprint density at radius 1 is 1.38 bits per heavy atom. The van der Waals surface area contributed by atoms with Gasteiger partial charge >= 0.3 is 11.8 Å². The standard InChI is InChI=1S/C20H23N3O9/c1-11-8-22(19(26)21-18(11)25)17-7-15(24)16(32-17)10-31-20(27)30-9-12(2)13-5-3-4-6-14(13)23(28)29/h3-6,8,12,15-17,24H,7,9-10H2,1-2H3,(H,21,25,26)/t12?,15-,16+,17+/m0/s1. The number of nitrogens with one attached hydrogen (secondary N) is 1. The number of H-pyrrole nitrogens is 1. The molecule has 0 saturated carbocycles. The van der Waals surface area contributed by atoms with Crippen molar-refractivity contribution in [2.24, 2.45) is 0 Å². The molecule has 32 heavy (non-hydrogen) atoms. The summed E-state index contributed by atoms with van der Waals surface area (Å²) in [6.45, 7) is 2.73. The number of hydrogen-bond acceptors (Lipinski definition) is 9. The number of nitrogens with zero attached hydrogens (tertiary/aromatic N) is 2. The fourth-order valence-electron chi connectivity index (χ4n) is 3.38. The van der Waals surface area contributed by atoms with Gasteiger partial charge < -0.3 is 19.3 Å². The summed E-state index contributed by atoms with van der Waals surface area (Å²) in [5.41, 5.74) is -0.536. The van der Waals surface area contributed by atoms with E-state index in [2.05, 4.69) is 4.98 Å². The van der Waals surface area contributed by atoms with Gasteiger partial charge in [0.25, 0.3) is 11.2 Å². The van der Waals surface area contributed by atoms with Gasteiger partial charge in [0.2, 0.25) is 0 Å². The van der Waals surface area contributed by atoms with Gasteiger partial charge in [-0.05, 0) is 6.92 Å². The zero-order chi connectivity index (χ0) is 23.4. The highest BCUT2D eigenvalue weighted by Gasteiger charge is 2.36. The summed E-state index contributed by atoms with van der Waals surface area (Å²) >= 11 is 0. The lowest BCUT2D eigenvalue weighted by Gasteiger charge is -2.17. The van der Waals surface area contributed by atoms with Crippen molar-refractivity contribution < 1.29 is 29.0 Å². The van der Waals surface area contributed by atoms with Gasteiger partial charge in [-0.3, -0.25) is 24.5 Å². The van der Waals surface area contributed by atoms with Crippen LogP contribution >= 0.6 is 0 Å². The summed E-state index contributed by atoms with van der Waals surface area (Å²) in [6.07, 6.45) is -2.39. The summed E-state index contributed by atoms with van der Waals surface area (Å²) < 4.78 is 16.8. The molecule has 0 bridgehead atoms. The Hall–Kier alpha value is -3.51. The van der Waals surface area contributed by atoms with Crippen LogP contribution in [0.15, 0.2) is 40.1 Å². The summed E-state index contributed by atoms with van der Waals surface area (Å²) in [5, 5.41) is 21.3. The van der Waals surface area contributed by atoms with Crippen molar-refractivity contribution in [3.63, 3.8) is 0 Å². The second kappa shape index (κ2) is 9.75. The average molecular weight is 449 g/mol. The molecule has 1 aliphatic rings. The van der Waals surface area contributed by atoms with Crippen LogP contribution in [-0.2, 0) is 14.2 Å². The van der Waals surface area contributed by atoms with Crippen LogP contribution < -0.4 is 11.2 Å². The fourth-order valence-corrected chi connectivity index (χ4v) is 3.38. The highest BCUT2D eigenvalue weighted by Crippen LogP contribution is 2.28. The van der Waals surface area contributed by atoms with Crippen molar-refractivity contribution in [1.82, 2.24) is 9.55 Å². The van der Waals surface area contributed by atoms with Crippen LogP contribution in [0.25, 0.3) is 0 Å². The minimum Gasteiger partial charge on any atom is -0.434 e. The number of ether oxygens (including phenoxy) is 3. The molecule has 1 fully saturated rings. The number of para-hydroxylation sites is 1. The van der Waals surface area contributed by atoms with Crippen molar-refractivity contribution in [3.8, 4) is 0 Å². The molecule has 1 aromatic carbocycles. The quantitative estimate of drug-likeness (QED) is 0.361. The molecule has 0 amide bonds. The maximum absolute atomic E-state index is 12.0. The lowest BCUT2D eigenvalue weighted by molar-refractivity contribution is -0.385. The maximum atomic E-state index is 12.0. The third-order valence-electron chi connectivity index (χ3n) is 5.14. The van der Waals surface area contributed by atoms with Crippen LogP contribution in [0.4, 0.5) is 10.5 Å². The molecular weight excluding hydrogens is 426 g/mol. The van der Waals surface area contributed by atoms with Gasteiger partial charge in [0.05, 0.1) is 11.0 Å². The number of aromatic nitrogens is 2. The first-order valence-electron chi connectivity index (χ1n) is 9.85. The first-order valence-corrected chi connectivity index (χ1v) is 9.85. The van der Waals surface area contributed by atoms with E-state index in [1.54, 1.807) is 25.1 Å². The van der Waals surface area contributed by atoms with Gasteiger partial charge in [-0.15, -0.1) is 0 Å². The number of aryl methyl sites for hydroxylation is 1. The molecule has 2 N–H and O–H groups in total. The van der Waals surface area contributed by atoms with Crippen molar-refractivity contribution in [2.45, 2.75) is 44.6 Å². The Morgan fingerprint density at radius 2 is 2.09 bits per heavy atom. The van der Waals surface area contributed by atoms with Crippen molar-refractivity contribution in [3.05, 3.63) is 72.5 Å². The van der Waals surface area contributed by atoms with E-state index in [1.807, 2.05) is 0 Å². The fraction of sp³-hybridized carbons (Fsp3) is 0.450. The van der Waals surface area contributed by atoms with Crippen molar-refractivity contribution in [2.75, 3.05) is 13.2 Å². The van der Waals surface area contributed by atoms with Gasteiger partial charge in [-0.1, -0.05) is 25.1 Å². The average Bonchev–Trinajstić information content (AvgIpc) is 3.13. The van der Waals surface area contributed by atoms with Gasteiger partial charge in [0.1, 0.15) is 25.5 Å². The van der Waals surface area contributed by atoms with E-state index >= 15 is 0 Å². The predicted octanol–water partition coefficient (Wildman–Crippen LogP) is 1.36. The number of nitro benzene ring substituents is 1. The normalized spacial score (nSPS) is 21.2. The molecule has 0 aliphatic carbocycles. The minimum absolute atomic E-state index is 0.0587. The molecule has 1 aromatic heterocycles. The third kappa shape index (κ3) is 5.21. The summed E-state index contributed by atoms with van der Waals surface area (Å²) in [6, 6.07) is 6.16. The topological polar surface area (TPSA) is 163 Å². The SMILES string of the molecule is Cc1cn([C@H]2C[C@H](O)[C@@H](COC(=O)OCC(C)c3ccccc3[N+](=O)[O-])O2)c(=O)[nH]c1=O. The van der Waals surface area contributed by atoms with Gasteiger partial charge in [-0.25, -0.2) is 9.59 Å². The van der Waals surface area contributed by atoms with Crippen LogP contribution in [0.3, 0.4) is 0 Å². The molecule has 172 valence electrons. The van der Waals surface area contributed by atoms with Crippen LogP contribution in [0.2, 0.25) is 0 Å². The van der Waals surface area contributed by atoms with Crippen molar-refractivity contribution >= 4 is 11.8 Å². The molecule has 1 aliphatic heterocycles. The molecule has 0 radical (unpaired) electrons. The monoisotopic (exact) mass is 449 g/mol. The van der Waals surface area contributed by atoms with E-state index in [0.29, 0.717) is 11.1 Å². The number of rotatable bonds is 7. The Balaban J connectivity index is 1.52. The lowest BCUT2D eigenvalue weighted by atomic mass is 10.0. The number of nitro groups is 1. The number of benzene rings is 1. The zero-order valence-corrected chi connectivity index (χ0v) is 17.4. The van der Waals surface area contributed by atoms with E-state index in [9.17, 15) is 29.6 Å². The molecule has 1 unspecified atom stereocenters. The molecule has 1 saturated heterocycles. The molecule has 12 nitrogen and oxygen atoms in total. The van der Waals surface area contributed by atoms with E-state index in [0.717, 1.165) is 4.57 Å². The maximum Gasteiger partial charge on any atom is 0.508 e. The molecule has 2 aromatic rings. The van der Waals surface area contributed by atoms with E-state index < -0.39 is 46.7 Å². The number of carbonyl (C=O) groups is 1. The molecule has 3 rings (SSSR count). The van der Waals surface area contributed by atoms with Crippen molar-refractivity contribution in [1.29, 1.82) is 0 Å². The van der Waals surface area contributed by atoms with E-state index in [4.69, 9.17) is 14.2 Å². The summed E-state index contributed by atoms with van der Waals surface area (Å²) in [5.74, 6) is -0.447. The van der Waals surface area contributed by atoms with Crippen LogP contribution in [0.5, 0.6) is 0 Å². The van der Waals surface area contributed by atoms with E-state index in [1.165, 1.54) is 19.2 Å². The van der Waals surface area contributed by atoms with Gasteiger partial charge in [0, 0.05) is 35.7 Å². The zero-order valence-electron chi connectivity index (χ0n) is 17.4. The Bertz CT molecular complexity index is 1110. The molecule has 2 heterocycles. The highest BCUT2D eigenvalue weighted by atomic mass is 16.7. The lowest BCUT2D eigenvalue weighted by Crippen LogP contribution is -2.33. The summed E-state index contributed by atoms with van der Waals surface area (Å²) in [4.78, 5) is 48.2. The van der Waals surface area contributed by atoms with Crippen LogP contribution in [0, 0.1) is 17.0 Å². The van der Waals surface area contributed by atoms with Crippen LogP contribution in [-0.4, -0.2) is 51.2 Å². The smallest absolute Gasteiger partial charge is 0.434 e.